The Morgan fingerprint density at radius 2 is 2.00 bits per heavy atom. The van der Waals surface area contributed by atoms with E-state index in [1.165, 1.54) is 13.2 Å². The highest BCUT2D eigenvalue weighted by atomic mass is 35.5. The molecule has 0 aliphatic carbocycles. The first-order valence-corrected chi connectivity index (χ1v) is 7.13. The summed E-state index contributed by atoms with van der Waals surface area (Å²) >= 11 is 7.16. The second-order valence-corrected chi connectivity index (χ2v) is 5.59. The molecule has 0 bridgehead atoms. The van der Waals surface area contributed by atoms with Crippen molar-refractivity contribution in [3.8, 4) is 11.5 Å². The molecule has 1 aromatic heterocycles. The Morgan fingerprint density at radius 3 is 2.57 bits per heavy atom. The highest BCUT2D eigenvalue weighted by Gasteiger charge is 2.12. The van der Waals surface area contributed by atoms with Gasteiger partial charge in [-0.3, -0.25) is 10.1 Å². The van der Waals surface area contributed by atoms with Crippen LogP contribution in [0.4, 0.5) is 10.7 Å². The third-order valence-electron chi connectivity index (χ3n) is 2.75. The molecule has 0 radical (unpaired) electrons. The molecule has 8 heteroatoms. The Morgan fingerprint density at radius 1 is 1.29 bits per heavy atom. The molecule has 112 valence electrons. The van der Waals surface area contributed by atoms with Gasteiger partial charge in [0.05, 0.1) is 29.9 Å². The molecule has 6 nitrogen and oxygen atoms in total. The third kappa shape index (κ3) is 3.56. The molecule has 0 aliphatic rings. The largest absolute Gasteiger partial charge is 0.495 e. The maximum absolute atomic E-state index is 10.7. The Labute approximate surface area is 130 Å². The smallest absolute Gasteiger partial charge is 0.324 e. The average molecular weight is 329 g/mol. The predicted octanol–water partition coefficient (Wildman–Crippen LogP) is 3.94. The van der Waals surface area contributed by atoms with Crippen LogP contribution in [-0.2, 0) is 6.54 Å². The lowest BCUT2D eigenvalue weighted by Gasteiger charge is -2.13. The number of ether oxygens (including phenoxy) is 2. The summed E-state index contributed by atoms with van der Waals surface area (Å²) in [6.07, 6.45) is 0. The molecule has 1 aromatic carbocycles. The average Bonchev–Trinajstić information content (AvgIpc) is 2.94. The van der Waals surface area contributed by atoms with Crippen molar-refractivity contribution >= 4 is 33.6 Å². The van der Waals surface area contributed by atoms with Gasteiger partial charge in [-0.15, -0.1) is 0 Å². The molecule has 2 aromatic rings. The Kier molecular flexibility index (Phi) is 4.87. The zero-order valence-electron chi connectivity index (χ0n) is 11.4. The van der Waals surface area contributed by atoms with Gasteiger partial charge in [0.15, 0.2) is 0 Å². The maximum atomic E-state index is 10.7. The molecule has 0 atom stereocenters. The molecule has 21 heavy (non-hydrogen) atoms. The van der Waals surface area contributed by atoms with Gasteiger partial charge in [0.25, 0.3) is 0 Å². The number of nitro groups is 1. The van der Waals surface area contributed by atoms with Gasteiger partial charge >= 0.3 is 5.00 Å². The van der Waals surface area contributed by atoms with E-state index >= 15 is 0 Å². The number of hydrogen-bond acceptors (Lipinski definition) is 6. The number of rotatable bonds is 6. The number of anilines is 1. The number of halogens is 1. The lowest BCUT2D eigenvalue weighted by molar-refractivity contribution is -0.380. The van der Waals surface area contributed by atoms with E-state index in [0.717, 1.165) is 16.2 Å². The van der Waals surface area contributed by atoms with Gasteiger partial charge in [-0.05, 0) is 6.07 Å². The summed E-state index contributed by atoms with van der Waals surface area (Å²) in [4.78, 5) is 11.1. The van der Waals surface area contributed by atoms with E-state index in [4.69, 9.17) is 21.1 Å². The highest BCUT2D eigenvalue weighted by molar-refractivity contribution is 7.15. The highest BCUT2D eigenvalue weighted by Crippen LogP contribution is 2.36. The van der Waals surface area contributed by atoms with E-state index in [1.807, 2.05) is 0 Å². The van der Waals surface area contributed by atoms with Crippen molar-refractivity contribution < 1.29 is 14.4 Å². The van der Waals surface area contributed by atoms with Gasteiger partial charge in [0, 0.05) is 29.6 Å². The fourth-order valence-corrected chi connectivity index (χ4v) is 2.73. The molecule has 0 spiro atoms. The van der Waals surface area contributed by atoms with Gasteiger partial charge in [0.1, 0.15) is 11.5 Å². The summed E-state index contributed by atoms with van der Waals surface area (Å²) in [5, 5.41) is 14.4. The van der Waals surface area contributed by atoms with Gasteiger partial charge in [-0.2, -0.15) is 0 Å². The number of methoxy groups -OCH3 is 2. The molecule has 0 amide bonds. The third-order valence-corrected chi connectivity index (χ3v) is 4.09. The predicted molar refractivity (Wildman–Crippen MR) is 82.9 cm³/mol. The number of benzene rings is 1. The van der Waals surface area contributed by atoms with Gasteiger partial charge < -0.3 is 14.8 Å². The first-order valence-electron chi connectivity index (χ1n) is 5.93. The van der Waals surface area contributed by atoms with Crippen LogP contribution in [0, 0.1) is 10.1 Å². The standard InChI is InChI=1S/C13H13ClN2O4S/c1-19-11-6-10(12(20-2)5-9(11)14)15-7-8-3-4-13(21-8)16(17)18/h3-6,15H,7H2,1-2H3. The van der Waals surface area contributed by atoms with Crippen LogP contribution in [0.5, 0.6) is 11.5 Å². The van der Waals surface area contributed by atoms with Crippen LogP contribution in [0.1, 0.15) is 4.88 Å². The Hall–Kier alpha value is -1.99. The maximum Gasteiger partial charge on any atom is 0.324 e. The first-order chi connectivity index (χ1) is 10.0. The number of thiophene rings is 1. The Bertz CT molecular complexity index is 660. The fourth-order valence-electron chi connectivity index (χ4n) is 1.74. The molecule has 1 N–H and O–H groups in total. The van der Waals surface area contributed by atoms with E-state index in [0.29, 0.717) is 28.8 Å². The molecule has 0 unspecified atom stereocenters. The SMILES string of the molecule is COc1cc(NCc2ccc([N+](=O)[O-])s2)c(OC)cc1Cl. The van der Waals surface area contributed by atoms with Crippen molar-refractivity contribution in [3.05, 3.63) is 44.3 Å². The minimum atomic E-state index is -0.403. The second-order valence-electron chi connectivity index (χ2n) is 4.04. The summed E-state index contributed by atoms with van der Waals surface area (Å²) < 4.78 is 10.4. The van der Waals surface area contributed by atoms with Crippen LogP contribution in [0.15, 0.2) is 24.3 Å². The van der Waals surface area contributed by atoms with Crippen molar-refractivity contribution in [2.24, 2.45) is 0 Å². The number of nitrogens with one attached hydrogen (secondary N) is 1. The topological polar surface area (TPSA) is 73.6 Å². The number of hydrogen-bond donors (Lipinski definition) is 1. The summed E-state index contributed by atoms with van der Waals surface area (Å²) in [6, 6.07) is 6.58. The fraction of sp³-hybridized carbons (Fsp3) is 0.231. The zero-order chi connectivity index (χ0) is 15.4. The van der Waals surface area contributed by atoms with E-state index in [9.17, 15) is 10.1 Å². The van der Waals surface area contributed by atoms with Crippen molar-refractivity contribution in [1.82, 2.24) is 0 Å². The zero-order valence-corrected chi connectivity index (χ0v) is 13.0. The minimum absolute atomic E-state index is 0.118. The van der Waals surface area contributed by atoms with Crippen molar-refractivity contribution in [2.75, 3.05) is 19.5 Å². The lowest BCUT2D eigenvalue weighted by Crippen LogP contribution is -2.00. The van der Waals surface area contributed by atoms with Crippen molar-refractivity contribution in [3.63, 3.8) is 0 Å². The van der Waals surface area contributed by atoms with Crippen LogP contribution < -0.4 is 14.8 Å². The molecule has 1 heterocycles. The van der Waals surface area contributed by atoms with Gasteiger partial charge in [-0.1, -0.05) is 22.9 Å². The lowest BCUT2D eigenvalue weighted by atomic mass is 10.2. The van der Waals surface area contributed by atoms with Crippen LogP contribution >= 0.6 is 22.9 Å². The molecule has 0 saturated heterocycles. The summed E-state index contributed by atoms with van der Waals surface area (Å²) in [6.45, 7) is 0.444. The molecule has 0 saturated carbocycles. The summed E-state index contributed by atoms with van der Waals surface area (Å²) in [7, 11) is 3.07. The first kappa shape index (κ1) is 15.4. The van der Waals surface area contributed by atoms with E-state index < -0.39 is 4.92 Å². The van der Waals surface area contributed by atoms with E-state index in [-0.39, 0.29) is 5.00 Å². The monoisotopic (exact) mass is 328 g/mol. The summed E-state index contributed by atoms with van der Waals surface area (Å²) in [5.41, 5.74) is 0.704. The van der Waals surface area contributed by atoms with Crippen molar-refractivity contribution in [2.45, 2.75) is 6.54 Å². The van der Waals surface area contributed by atoms with Crippen LogP contribution in [0.2, 0.25) is 5.02 Å². The van der Waals surface area contributed by atoms with Gasteiger partial charge in [-0.25, -0.2) is 0 Å². The van der Waals surface area contributed by atoms with Crippen LogP contribution in [0.25, 0.3) is 0 Å². The Balaban J connectivity index is 2.16. The molecular formula is C13H13ClN2O4S. The van der Waals surface area contributed by atoms with Crippen LogP contribution in [0.3, 0.4) is 0 Å². The quantitative estimate of drug-likeness (QED) is 0.642. The number of nitrogens with zero attached hydrogens (tertiary/aromatic N) is 1. The summed E-state index contributed by atoms with van der Waals surface area (Å²) in [5.74, 6) is 1.10. The normalized spacial score (nSPS) is 10.2. The van der Waals surface area contributed by atoms with E-state index in [2.05, 4.69) is 5.32 Å². The molecular weight excluding hydrogens is 316 g/mol. The molecule has 0 fully saturated rings. The molecule has 0 aliphatic heterocycles. The van der Waals surface area contributed by atoms with E-state index in [1.54, 1.807) is 25.3 Å². The minimum Gasteiger partial charge on any atom is -0.495 e. The van der Waals surface area contributed by atoms with Crippen molar-refractivity contribution in [1.29, 1.82) is 0 Å². The second kappa shape index (κ2) is 6.64. The van der Waals surface area contributed by atoms with Gasteiger partial charge in [0.2, 0.25) is 0 Å². The van der Waals surface area contributed by atoms with Crippen LogP contribution in [-0.4, -0.2) is 19.1 Å². The molecule has 2 rings (SSSR count).